The van der Waals surface area contributed by atoms with Crippen LogP contribution in [0.5, 0.6) is 0 Å². The van der Waals surface area contributed by atoms with Gasteiger partial charge in [-0.15, -0.1) is 0 Å². The Morgan fingerprint density at radius 3 is 2.30 bits per heavy atom. The molecule has 2 amide bonds. The number of amides is 2. The van der Waals surface area contributed by atoms with Crippen molar-refractivity contribution in [3.05, 3.63) is 64.2 Å². The van der Waals surface area contributed by atoms with Gasteiger partial charge in [-0.2, -0.15) is 0 Å². The summed E-state index contributed by atoms with van der Waals surface area (Å²) in [5, 5.41) is 0.293. The van der Waals surface area contributed by atoms with E-state index < -0.39 is 21.2 Å². The highest BCUT2D eigenvalue weighted by Gasteiger charge is 2.28. The van der Waals surface area contributed by atoms with Crippen molar-refractivity contribution >= 4 is 32.9 Å². The molecule has 0 unspecified atom stereocenters. The zero-order valence-corrected chi connectivity index (χ0v) is 24.8. The lowest BCUT2D eigenvalue weighted by Gasteiger charge is -2.34. The predicted octanol–water partition coefficient (Wildman–Crippen LogP) is 3.99. The molecular weight excluding hydrogens is 532 g/mol. The fourth-order valence-electron chi connectivity index (χ4n) is 4.94. The van der Waals surface area contributed by atoms with Crippen LogP contribution in [-0.2, 0) is 21.8 Å². The van der Waals surface area contributed by atoms with Crippen LogP contribution in [0.1, 0.15) is 56.0 Å². The van der Waals surface area contributed by atoms with Crippen molar-refractivity contribution in [3.8, 4) is 0 Å². The van der Waals surface area contributed by atoms with Gasteiger partial charge in [0.05, 0.1) is 10.5 Å². The quantitative estimate of drug-likeness (QED) is 0.443. The van der Waals surface area contributed by atoms with E-state index in [0.29, 0.717) is 30.9 Å². The van der Waals surface area contributed by atoms with E-state index in [0.717, 1.165) is 28.8 Å². The number of piperidine rings is 1. The number of ether oxygens (including phenoxy) is 1. The average molecular weight is 571 g/mol. The fourth-order valence-corrected chi connectivity index (χ4v) is 6.28. The number of hydrogen-bond donors (Lipinski definition) is 0. The first-order valence-electron chi connectivity index (χ1n) is 13.5. The van der Waals surface area contributed by atoms with E-state index in [1.807, 2.05) is 27.7 Å². The van der Waals surface area contributed by atoms with Crippen LogP contribution in [0, 0.1) is 12.8 Å². The van der Waals surface area contributed by atoms with Gasteiger partial charge in [-0.3, -0.25) is 9.59 Å². The summed E-state index contributed by atoms with van der Waals surface area (Å²) < 4.78 is 34.5. The second-order valence-electron chi connectivity index (χ2n) is 11.6. The molecule has 1 saturated heterocycles. The summed E-state index contributed by atoms with van der Waals surface area (Å²) in [5.41, 5.74) is 0.0762. The van der Waals surface area contributed by atoms with Crippen molar-refractivity contribution in [2.24, 2.45) is 13.0 Å². The molecule has 0 radical (unpaired) electrons. The number of likely N-dealkylation sites (tertiary alicyclic amines) is 1. The summed E-state index contributed by atoms with van der Waals surface area (Å²) in [6.07, 6.45) is 4.91. The molecule has 0 bridgehead atoms. The smallest absolute Gasteiger partial charge is 0.410 e. The number of carbonyl (C=O) groups excluding carboxylic acids is 2. The van der Waals surface area contributed by atoms with Gasteiger partial charge in [0.15, 0.2) is 0 Å². The van der Waals surface area contributed by atoms with E-state index in [1.54, 1.807) is 29.0 Å². The summed E-state index contributed by atoms with van der Waals surface area (Å²) in [4.78, 5) is 42.3. The number of benzene rings is 1. The zero-order valence-electron chi connectivity index (χ0n) is 24.0. The van der Waals surface area contributed by atoms with Crippen LogP contribution >= 0.6 is 0 Å². The highest BCUT2D eigenvalue weighted by molar-refractivity contribution is 7.90. The normalized spacial score (nSPS) is 14.9. The SMILES string of the molecule is Cc1ccc(S(=O)(=O)n2ccc3c(C(=O)N(C)CCC4CCN(C(=O)OC(C)(C)C)CC4)cn(C)c(=O)c32)cc1. The van der Waals surface area contributed by atoms with Crippen LogP contribution < -0.4 is 5.56 Å². The molecule has 3 heterocycles. The lowest BCUT2D eigenvalue weighted by Crippen LogP contribution is -2.42. The summed E-state index contributed by atoms with van der Waals surface area (Å²) in [7, 11) is -0.835. The molecule has 40 heavy (non-hydrogen) atoms. The van der Waals surface area contributed by atoms with Gasteiger partial charge in [0.25, 0.3) is 21.5 Å². The van der Waals surface area contributed by atoms with Gasteiger partial charge in [0, 0.05) is 51.5 Å². The summed E-state index contributed by atoms with van der Waals surface area (Å²) >= 11 is 0. The van der Waals surface area contributed by atoms with Gasteiger partial charge >= 0.3 is 6.09 Å². The average Bonchev–Trinajstić information content (AvgIpc) is 3.35. The molecule has 0 spiro atoms. The minimum Gasteiger partial charge on any atom is -0.444 e. The van der Waals surface area contributed by atoms with Crippen molar-refractivity contribution in [2.45, 2.75) is 57.5 Å². The van der Waals surface area contributed by atoms with Gasteiger partial charge in [-0.1, -0.05) is 17.7 Å². The van der Waals surface area contributed by atoms with Gasteiger partial charge in [-0.05, 0) is 71.1 Å². The number of carbonyl (C=O) groups is 2. The van der Waals surface area contributed by atoms with Crippen LogP contribution in [0.15, 0.2) is 52.4 Å². The van der Waals surface area contributed by atoms with Gasteiger partial charge < -0.3 is 19.1 Å². The minimum absolute atomic E-state index is 0.0585. The number of aromatic nitrogens is 2. The number of pyridine rings is 1. The molecular formula is C29H38N4O6S. The van der Waals surface area contributed by atoms with E-state index in [2.05, 4.69) is 0 Å². The lowest BCUT2D eigenvalue weighted by atomic mass is 9.93. The first kappa shape index (κ1) is 29.4. The maximum Gasteiger partial charge on any atom is 0.410 e. The van der Waals surface area contributed by atoms with Crippen LogP contribution in [-0.4, -0.2) is 71.0 Å². The molecule has 1 aliphatic rings. The summed E-state index contributed by atoms with van der Waals surface area (Å²) in [6, 6.07) is 7.91. The zero-order chi connectivity index (χ0) is 29.4. The number of nitrogens with zero attached hydrogens (tertiary/aromatic N) is 4. The van der Waals surface area contributed by atoms with Crippen molar-refractivity contribution in [3.63, 3.8) is 0 Å². The Hall–Kier alpha value is -3.60. The third kappa shape index (κ3) is 6.09. The Labute approximate surface area is 235 Å². The van der Waals surface area contributed by atoms with E-state index >= 15 is 0 Å². The number of hydrogen-bond acceptors (Lipinski definition) is 6. The highest BCUT2D eigenvalue weighted by atomic mass is 32.2. The molecule has 11 heteroatoms. The Balaban J connectivity index is 1.49. The molecule has 0 N–H and O–H groups in total. The van der Waals surface area contributed by atoms with E-state index in [9.17, 15) is 22.8 Å². The second kappa shape index (κ2) is 11.1. The number of aryl methyl sites for hydroxylation is 2. The largest absolute Gasteiger partial charge is 0.444 e. The van der Waals surface area contributed by atoms with Crippen molar-refractivity contribution in [1.82, 2.24) is 18.3 Å². The molecule has 216 valence electrons. The molecule has 0 aliphatic carbocycles. The lowest BCUT2D eigenvalue weighted by molar-refractivity contribution is 0.0179. The Bertz CT molecular complexity index is 1570. The number of fused-ring (bicyclic) bond motifs is 1. The first-order valence-corrected chi connectivity index (χ1v) is 14.9. The summed E-state index contributed by atoms with van der Waals surface area (Å²) in [5.74, 6) is 0.0621. The Morgan fingerprint density at radius 1 is 1.07 bits per heavy atom. The second-order valence-corrected chi connectivity index (χ2v) is 13.4. The van der Waals surface area contributed by atoms with E-state index in [-0.39, 0.29) is 28.0 Å². The van der Waals surface area contributed by atoms with Gasteiger partial charge in [0.2, 0.25) is 0 Å². The fraction of sp³-hybridized carbons (Fsp3) is 0.483. The molecule has 0 saturated carbocycles. The molecule has 10 nitrogen and oxygen atoms in total. The highest BCUT2D eigenvalue weighted by Crippen LogP contribution is 2.25. The van der Waals surface area contributed by atoms with E-state index in [4.69, 9.17) is 4.74 Å². The van der Waals surface area contributed by atoms with Crippen LogP contribution in [0.3, 0.4) is 0 Å². The molecule has 4 rings (SSSR count). The molecule has 2 aromatic heterocycles. The van der Waals surface area contributed by atoms with Crippen LogP contribution in [0.2, 0.25) is 0 Å². The molecule has 1 fully saturated rings. The molecule has 0 atom stereocenters. The standard InChI is InChI=1S/C29H38N4O6S/c1-20-7-9-22(10-8-20)40(37,38)33-18-14-23-24(19-31(6)27(35)25(23)33)26(34)30(5)15-11-21-12-16-32(17-13-21)28(36)39-29(2,3)4/h7-10,14,18-19,21H,11-13,15-17H2,1-6H3. The first-order chi connectivity index (χ1) is 18.7. The predicted molar refractivity (Wildman–Crippen MR) is 153 cm³/mol. The maximum absolute atomic E-state index is 13.5. The van der Waals surface area contributed by atoms with Crippen molar-refractivity contribution in [2.75, 3.05) is 26.7 Å². The van der Waals surface area contributed by atoms with Crippen molar-refractivity contribution in [1.29, 1.82) is 0 Å². The van der Waals surface area contributed by atoms with Gasteiger partial charge in [-0.25, -0.2) is 17.2 Å². The molecule has 1 aromatic carbocycles. The minimum atomic E-state index is -4.05. The Morgan fingerprint density at radius 2 is 1.70 bits per heavy atom. The topological polar surface area (TPSA) is 111 Å². The molecule has 3 aromatic rings. The van der Waals surface area contributed by atoms with Crippen molar-refractivity contribution < 1.29 is 22.7 Å². The third-order valence-electron chi connectivity index (χ3n) is 7.28. The third-order valence-corrected chi connectivity index (χ3v) is 8.97. The Kier molecular flexibility index (Phi) is 8.16. The number of rotatable bonds is 6. The van der Waals surface area contributed by atoms with Crippen LogP contribution in [0.25, 0.3) is 10.9 Å². The van der Waals surface area contributed by atoms with E-state index in [1.165, 1.54) is 42.2 Å². The monoisotopic (exact) mass is 570 g/mol. The van der Waals surface area contributed by atoms with Gasteiger partial charge in [0.1, 0.15) is 11.1 Å². The molecule has 1 aliphatic heterocycles. The summed E-state index contributed by atoms with van der Waals surface area (Å²) in [6.45, 7) is 9.12. The van der Waals surface area contributed by atoms with Crippen LogP contribution in [0.4, 0.5) is 4.79 Å². The maximum atomic E-state index is 13.5.